The van der Waals surface area contributed by atoms with Gasteiger partial charge in [0.05, 0.1) is 11.2 Å². The maximum absolute atomic E-state index is 5.12. The van der Waals surface area contributed by atoms with Gasteiger partial charge in [-0.1, -0.05) is 20.3 Å². The quantitative estimate of drug-likeness (QED) is 0.866. The third kappa shape index (κ3) is 3.19. The average molecular weight is 307 g/mol. The van der Waals surface area contributed by atoms with E-state index in [2.05, 4.69) is 33.0 Å². The highest BCUT2D eigenvalue weighted by Gasteiger charge is 2.44. The Morgan fingerprint density at radius 1 is 1.10 bits per heavy atom. The van der Waals surface area contributed by atoms with Crippen molar-refractivity contribution in [3.8, 4) is 0 Å². The average Bonchev–Trinajstić information content (AvgIpc) is 2.81. The van der Waals surface area contributed by atoms with Crippen LogP contribution in [0.5, 0.6) is 0 Å². The monoisotopic (exact) mass is 306 g/mol. The summed E-state index contributed by atoms with van der Waals surface area (Å²) >= 11 is 2.01. The lowest BCUT2D eigenvalue weighted by molar-refractivity contribution is 0.110. The Bertz CT molecular complexity index is 480. The summed E-state index contributed by atoms with van der Waals surface area (Å²) in [5.74, 6) is 0. The standard InChI is InChI=1S/C18H30N2S/c1-13(2)20-18(11-7-10-17(3,4)12-18)16-19-14-8-5-6-9-15(14)21-16/h13,20H,5-12H2,1-4H3. The Morgan fingerprint density at radius 3 is 2.52 bits per heavy atom. The Labute approximate surface area is 133 Å². The Morgan fingerprint density at radius 2 is 1.86 bits per heavy atom. The molecule has 1 aromatic heterocycles. The molecule has 2 nitrogen and oxygen atoms in total. The lowest BCUT2D eigenvalue weighted by Gasteiger charge is -2.45. The van der Waals surface area contributed by atoms with Gasteiger partial charge in [0.15, 0.2) is 0 Å². The minimum absolute atomic E-state index is 0.123. The number of nitrogens with one attached hydrogen (secondary N) is 1. The molecular weight excluding hydrogens is 276 g/mol. The Kier molecular flexibility index (Phi) is 4.17. The second-order valence-corrected chi connectivity index (χ2v) is 9.26. The topological polar surface area (TPSA) is 24.9 Å². The molecule has 3 rings (SSSR count). The van der Waals surface area contributed by atoms with Crippen LogP contribution < -0.4 is 5.32 Å². The molecule has 0 bridgehead atoms. The summed E-state index contributed by atoms with van der Waals surface area (Å²) in [5, 5.41) is 5.31. The molecule has 2 aliphatic rings. The van der Waals surface area contributed by atoms with E-state index < -0.39 is 0 Å². The highest BCUT2D eigenvalue weighted by Crippen LogP contribution is 2.48. The molecule has 118 valence electrons. The molecule has 1 heterocycles. The molecule has 1 aromatic rings. The molecule has 1 N–H and O–H groups in total. The summed E-state index contributed by atoms with van der Waals surface area (Å²) in [5.41, 5.74) is 1.96. The lowest BCUT2D eigenvalue weighted by atomic mass is 9.68. The first-order valence-corrected chi connectivity index (χ1v) is 9.49. The minimum atomic E-state index is 0.123. The minimum Gasteiger partial charge on any atom is -0.303 e. The molecule has 21 heavy (non-hydrogen) atoms. The third-order valence-corrected chi connectivity index (χ3v) is 6.42. The maximum Gasteiger partial charge on any atom is 0.113 e. The number of thiazole rings is 1. The fourth-order valence-corrected chi connectivity index (χ4v) is 5.67. The molecule has 1 fully saturated rings. The first-order valence-electron chi connectivity index (χ1n) is 8.67. The molecule has 1 saturated carbocycles. The van der Waals surface area contributed by atoms with Crippen molar-refractivity contribution in [2.24, 2.45) is 5.41 Å². The van der Waals surface area contributed by atoms with Crippen LogP contribution in [0.2, 0.25) is 0 Å². The summed E-state index contributed by atoms with van der Waals surface area (Å²) in [7, 11) is 0. The van der Waals surface area contributed by atoms with E-state index in [-0.39, 0.29) is 5.54 Å². The lowest BCUT2D eigenvalue weighted by Crippen LogP contribution is -2.50. The molecule has 0 amide bonds. The Hall–Kier alpha value is -0.410. The summed E-state index contributed by atoms with van der Waals surface area (Å²) in [4.78, 5) is 6.69. The van der Waals surface area contributed by atoms with Crippen LogP contribution in [0.3, 0.4) is 0 Å². The normalized spacial score (nSPS) is 28.6. The molecular formula is C18H30N2S. The van der Waals surface area contributed by atoms with E-state index in [1.54, 1.807) is 4.88 Å². The van der Waals surface area contributed by atoms with Gasteiger partial charge in [-0.25, -0.2) is 4.98 Å². The summed E-state index contributed by atoms with van der Waals surface area (Å²) < 4.78 is 0. The van der Waals surface area contributed by atoms with Crippen molar-refractivity contribution < 1.29 is 0 Å². The SMILES string of the molecule is CC(C)NC1(c2nc3c(s2)CCCC3)CCCC(C)(C)C1. The van der Waals surface area contributed by atoms with Gasteiger partial charge in [-0.15, -0.1) is 11.3 Å². The summed E-state index contributed by atoms with van der Waals surface area (Å²) in [6, 6.07) is 0.514. The number of nitrogens with zero attached hydrogens (tertiary/aromatic N) is 1. The van der Waals surface area contributed by atoms with Gasteiger partial charge >= 0.3 is 0 Å². The number of hydrogen-bond acceptors (Lipinski definition) is 3. The van der Waals surface area contributed by atoms with Crippen molar-refractivity contribution in [1.82, 2.24) is 10.3 Å². The molecule has 3 heteroatoms. The highest BCUT2D eigenvalue weighted by molar-refractivity contribution is 7.11. The van der Waals surface area contributed by atoms with Crippen molar-refractivity contribution in [3.63, 3.8) is 0 Å². The van der Waals surface area contributed by atoms with Crippen LogP contribution in [-0.4, -0.2) is 11.0 Å². The zero-order chi connectivity index (χ0) is 15.1. The molecule has 1 unspecified atom stereocenters. The van der Waals surface area contributed by atoms with Crippen molar-refractivity contribution in [2.75, 3.05) is 0 Å². The van der Waals surface area contributed by atoms with Crippen LogP contribution in [0, 0.1) is 5.41 Å². The molecule has 0 spiro atoms. The van der Waals surface area contributed by atoms with Crippen LogP contribution in [0.25, 0.3) is 0 Å². The van der Waals surface area contributed by atoms with Crippen LogP contribution in [0.15, 0.2) is 0 Å². The van der Waals surface area contributed by atoms with Crippen molar-refractivity contribution >= 4 is 11.3 Å². The largest absolute Gasteiger partial charge is 0.303 e. The van der Waals surface area contributed by atoms with E-state index >= 15 is 0 Å². The van der Waals surface area contributed by atoms with Gasteiger partial charge in [-0.2, -0.15) is 0 Å². The third-order valence-electron chi connectivity index (χ3n) is 5.06. The van der Waals surface area contributed by atoms with Gasteiger partial charge in [0.25, 0.3) is 0 Å². The van der Waals surface area contributed by atoms with Crippen LogP contribution in [-0.2, 0) is 18.4 Å². The molecule has 2 aliphatic carbocycles. The van der Waals surface area contributed by atoms with Crippen LogP contribution in [0.1, 0.15) is 81.8 Å². The summed E-state index contributed by atoms with van der Waals surface area (Å²) in [6.45, 7) is 9.40. The maximum atomic E-state index is 5.12. The second-order valence-electron chi connectivity index (χ2n) is 8.17. The van der Waals surface area contributed by atoms with Crippen molar-refractivity contribution in [2.45, 2.75) is 90.6 Å². The fourth-order valence-electron chi connectivity index (χ4n) is 4.34. The van der Waals surface area contributed by atoms with Gasteiger partial charge in [0.2, 0.25) is 0 Å². The van der Waals surface area contributed by atoms with E-state index in [9.17, 15) is 0 Å². The molecule has 0 aromatic carbocycles. The number of aryl methyl sites for hydroxylation is 2. The van der Waals surface area contributed by atoms with E-state index in [4.69, 9.17) is 4.98 Å². The van der Waals surface area contributed by atoms with E-state index in [0.717, 1.165) is 0 Å². The molecule has 0 radical (unpaired) electrons. The number of hydrogen-bond donors (Lipinski definition) is 1. The van der Waals surface area contributed by atoms with Crippen LogP contribution >= 0.6 is 11.3 Å². The van der Waals surface area contributed by atoms with Gasteiger partial charge in [0.1, 0.15) is 5.01 Å². The number of aromatic nitrogens is 1. The zero-order valence-corrected chi connectivity index (χ0v) is 14.9. The van der Waals surface area contributed by atoms with Crippen LogP contribution in [0.4, 0.5) is 0 Å². The van der Waals surface area contributed by atoms with Gasteiger partial charge < -0.3 is 5.32 Å². The first kappa shape index (κ1) is 15.5. The van der Waals surface area contributed by atoms with E-state index in [1.807, 2.05) is 11.3 Å². The smallest absolute Gasteiger partial charge is 0.113 e. The summed E-state index contributed by atoms with van der Waals surface area (Å²) in [6.07, 6.45) is 10.3. The second kappa shape index (κ2) is 5.66. The predicted molar refractivity (Wildman–Crippen MR) is 91.0 cm³/mol. The number of rotatable bonds is 3. The zero-order valence-electron chi connectivity index (χ0n) is 14.1. The Balaban J connectivity index is 1.96. The molecule has 0 aliphatic heterocycles. The van der Waals surface area contributed by atoms with Gasteiger partial charge in [-0.3, -0.25) is 0 Å². The van der Waals surface area contributed by atoms with E-state index in [1.165, 1.54) is 62.1 Å². The van der Waals surface area contributed by atoms with Gasteiger partial charge in [0, 0.05) is 10.9 Å². The van der Waals surface area contributed by atoms with Crippen molar-refractivity contribution in [1.29, 1.82) is 0 Å². The predicted octanol–water partition coefficient (Wildman–Crippen LogP) is 4.82. The fraction of sp³-hybridized carbons (Fsp3) is 0.833. The highest BCUT2D eigenvalue weighted by atomic mass is 32.1. The van der Waals surface area contributed by atoms with E-state index in [0.29, 0.717) is 11.5 Å². The number of fused-ring (bicyclic) bond motifs is 1. The van der Waals surface area contributed by atoms with Crippen molar-refractivity contribution in [3.05, 3.63) is 15.6 Å². The molecule has 1 atom stereocenters. The first-order chi connectivity index (χ1) is 9.90. The van der Waals surface area contributed by atoms with Gasteiger partial charge in [-0.05, 0) is 64.2 Å². The molecule has 0 saturated heterocycles.